The highest BCUT2D eigenvalue weighted by Crippen LogP contribution is 2.17. The second kappa shape index (κ2) is 12.4. The van der Waals surface area contributed by atoms with Gasteiger partial charge in [0.05, 0.1) is 0 Å². The van der Waals surface area contributed by atoms with Gasteiger partial charge in [-0.25, -0.2) is 0 Å². The Hall–Kier alpha value is -2.53. The zero-order valence-electron chi connectivity index (χ0n) is 18.9. The van der Waals surface area contributed by atoms with Crippen molar-refractivity contribution in [1.29, 1.82) is 0 Å². The minimum Gasteiger partial charge on any atom is -0.484 e. The van der Waals surface area contributed by atoms with E-state index in [-0.39, 0.29) is 24.5 Å². The lowest BCUT2D eigenvalue weighted by Crippen LogP contribution is -2.51. The minimum absolute atomic E-state index is 0.0439. The molecule has 31 heavy (non-hydrogen) atoms. The second-order valence-electron chi connectivity index (χ2n) is 7.68. The molecule has 0 spiro atoms. The van der Waals surface area contributed by atoms with Gasteiger partial charge < -0.3 is 15.0 Å². The van der Waals surface area contributed by atoms with Crippen LogP contribution in [0.2, 0.25) is 5.02 Å². The molecule has 2 amide bonds. The molecule has 2 unspecified atom stereocenters. The van der Waals surface area contributed by atoms with Gasteiger partial charge in [-0.2, -0.15) is 0 Å². The summed E-state index contributed by atoms with van der Waals surface area (Å²) in [5.74, 6) is 0.251. The van der Waals surface area contributed by atoms with Crippen molar-refractivity contribution >= 4 is 23.4 Å². The molecule has 6 heteroatoms. The predicted molar refractivity (Wildman–Crippen MR) is 125 cm³/mol. The van der Waals surface area contributed by atoms with Crippen LogP contribution in [0.15, 0.2) is 48.5 Å². The van der Waals surface area contributed by atoms with Gasteiger partial charge in [0.2, 0.25) is 5.91 Å². The van der Waals surface area contributed by atoms with E-state index in [1.54, 1.807) is 17.0 Å². The maximum absolute atomic E-state index is 13.2. The van der Waals surface area contributed by atoms with Crippen LogP contribution < -0.4 is 10.1 Å². The lowest BCUT2D eigenvalue weighted by atomic mass is 10.1. The number of benzene rings is 2. The van der Waals surface area contributed by atoms with Crippen LogP contribution in [0.25, 0.3) is 0 Å². The molecule has 2 aromatic rings. The summed E-state index contributed by atoms with van der Waals surface area (Å²) in [5, 5.41) is 3.63. The van der Waals surface area contributed by atoms with E-state index < -0.39 is 6.04 Å². The molecule has 0 saturated heterocycles. The first kappa shape index (κ1) is 24.7. The van der Waals surface area contributed by atoms with E-state index in [0.29, 0.717) is 23.7 Å². The SMILES string of the molecule is CCc1ccc(OCC(=O)N(Cc2ccc(Cl)cc2)C(CC)C(=O)NC(C)CC)cc1. The van der Waals surface area contributed by atoms with Gasteiger partial charge in [0, 0.05) is 17.6 Å². The van der Waals surface area contributed by atoms with Crippen molar-refractivity contribution in [2.45, 2.75) is 65.6 Å². The van der Waals surface area contributed by atoms with Gasteiger partial charge >= 0.3 is 0 Å². The van der Waals surface area contributed by atoms with Crippen molar-refractivity contribution in [2.24, 2.45) is 0 Å². The van der Waals surface area contributed by atoms with E-state index in [0.717, 1.165) is 18.4 Å². The average molecular weight is 445 g/mol. The maximum Gasteiger partial charge on any atom is 0.261 e. The number of hydrogen-bond acceptors (Lipinski definition) is 3. The standard InChI is InChI=1S/C25H33ClN2O3/c1-5-18(4)27-25(30)23(7-3)28(16-20-8-12-21(26)13-9-20)24(29)17-31-22-14-10-19(6-2)11-15-22/h8-15,18,23H,5-7,16-17H2,1-4H3,(H,27,30). The number of nitrogens with one attached hydrogen (secondary N) is 1. The molecule has 0 radical (unpaired) electrons. The summed E-state index contributed by atoms with van der Waals surface area (Å²) >= 11 is 6.00. The molecule has 0 aliphatic heterocycles. The van der Waals surface area contributed by atoms with Gasteiger partial charge in [-0.15, -0.1) is 0 Å². The molecule has 0 aromatic heterocycles. The Morgan fingerprint density at radius 3 is 2.13 bits per heavy atom. The molecule has 1 N–H and O–H groups in total. The smallest absolute Gasteiger partial charge is 0.261 e. The summed E-state index contributed by atoms with van der Waals surface area (Å²) in [5.41, 5.74) is 2.11. The Morgan fingerprint density at radius 2 is 1.58 bits per heavy atom. The molecule has 2 aromatic carbocycles. The third-order valence-corrected chi connectivity index (χ3v) is 5.60. The van der Waals surface area contributed by atoms with Crippen LogP contribution in [-0.4, -0.2) is 35.4 Å². The number of rotatable bonds is 11. The highest BCUT2D eigenvalue weighted by Gasteiger charge is 2.29. The largest absolute Gasteiger partial charge is 0.484 e. The van der Waals surface area contributed by atoms with Crippen molar-refractivity contribution in [2.75, 3.05) is 6.61 Å². The van der Waals surface area contributed by atoms with E-state index in [2.05, 4.69) is 12.2 Å². The van der Waals surface area contributed by atoms with Gasteiger partial charge in [0.15, 0.2) is 6.61 Å². The third kappa shape index (κ3) is 7.59. The first-order valence-corrected chi connectivity index (χ1v) is 11.3. The Labute approximate surface area is 190 Å². The van der Waals surface area contributed by atoms with E-state index in [1.165, 1.54) is 5.56 Å². The summed E-state index contributed by atoms with van der Waals surface area (Å²) in [6.45, 7) is 8.14. The molecule has 2 rings (SSSR count). The molecule has 2 atom stereocenters. The Morgan fingerprint density at radius 1 is 0.968 bits per heavy atom. The monoisotopic (exact) mass is 444 g/mol. The third-order valence-electron chi connectivity index (χ3n) is 5.35. The second-order valence-corrected chi connectivity index (χ2v) is 8.11. The summed E-state index contributed by atoms with van der Waals surface area (Å²) in [7, 11) is 0. The molecule has 0 saturated carbocycles. The van der Waals surface area contributed by atoms with Crippen molar-refractivity contribution in [3.63, 3.8) is 0 Å². The fraction of sp³-hybridized carbons (Fsp3) is 0.440. The molecule has 168 valence electrons. The van der Waals surface area contributed by atoms with Crippen LogP contribution in [0, 0.1) is 0 Å². The maximum atomic E-state index is 13.2. The van der Waals surface area contributed by atoms with Gasteiger partial charge in [0.1, 0.15) is 11.8 Å². The van der Waals surface area contributed by atoms with E-state index >= 15 is 0 Å². The Bertz CT molecular complexity index is 837. The topological polar surface area (TPSA) is 58.6 Å². The number of carbonyl (C=O) groups is 2. The predicted octanol–water partition coefficient (Wildman–Crippen LogP) is 5.00. The van der Waals surface area contributed by atoms with E-state index in [1.807, 2.05) is 57.2 Å². The molecule has 0 aliphatic rings. The van der Waals surface area contributed by atoms with Gasteiger partial charge in [-0.05, 0) is 61.6 Å². The highest BCUT2D eigenvalue weighted by atomic mass is 35.5. The number of nitrogens with zero attached hydrogens (tertiary/aromatic N) is 1. The summed E-state index contributed by atoms with van der Waals surface area (Å²) in [6, 6.07) is 14.5. The first-order valence-electron chi connectivity index (χ1n) is 10.9. The van der Waals surface area contributed by atoms with Crippen LogP contribution in [0.3, 0.4) is 0 Å². The van der Waals surface area contributed by atoms with Crippen LogP contribution in [0.5, 0.6) is 5.75 Å². The zero-order valence-corrected chi connectivity index (χ0v) is 19.6. The molecular weight excluding hydrogens is 412 g/mol. The number of carbonyl (C=O) groups excluding carboxylic acids is 2. The number of ether oxygens (including phenoxy) is 1. The number of amides is 2. The van der Waals surface area contributed by atoms with Gasteiger partial charge in [0.25, 0.3) is 5.91 Å². The van der Waals surface area contributed by atoms with Crippen LogP contribution in [0.4, 0.5) is 0 Å². The van der Waals surface area contributed by atoms with Crippen LogP contribution in [0.1, 0.15) is 51.7 Å². The lowest BCUT2D eigenvalue weighted by molar-refractivity contribution is -0.143. The molecule has 0 heterocycles. The van der Waals surface area contributed by atoms with Crippen molar-refractivity contribution in [1.82, 2.24) is 10.2 Å². The van der Waals surface area contributed by atoms with Crippen LogP contribution in [-0.2, 0) is 22.6 Å². The Balaban J connectivity index is 2.18. The zero-order chi connectivity index (χ0) is 22.8. The fourth-order valence-corrected chi connectivity index (χ4v) is 3.32. The van der Waals surface area contributed by atoms with Gasteiger partial charge in [-0.1, -0.05) is 56.6 Å². The summed E-state index contributed by atoms with van der Waals surface area (Å²) < 4.78 is 5.74. The highest BCUT2D eigenvalue weighted by molar-refractivity contribution is 6.30. The van der Waals surface area contributed by atoms with Crippen molar-refractivity contribution in [3.8, 4) is 5.75 Å². The van der Waals surface area contributed by atoms with Crippen molar-refractivity contribution < 1.29 is 14.3 Å². The quantitative estimate of drug-likeness (QED) is 0.530. The number of aryl methyl sites for hydroxylation is 1. The minimum atomic E-state index is -0.580. The van der Waals surface area contributed by atoms with Crippen molar-refractivity contribution in [3.05, 3.63) is 64.7 Å². The first-order chi connectivity index (χ1) is 14.9. The molecule has 0 bridgehead atoms. The summed E-state index contributed by atoms with van der Waals surface area (Å²) in [6.07, 6.45) is 2.27. The molecule has 5 nitrogen and oxygen atoms in total. The van der Waals surface area contributed by atoms with Crippen LogP contribution >= 0.6 is 11.6 Å². The number of hydrogen-bond donors (Lipinski definition) is 1. The molecular formula is C25H33ClN2O3. The summed E-state index contributed by atoms with van der Waals surface area (Å²) in [4.78, 5) is 27.7. The normalized spacial score (nSPS) is 12.7. The fourth-order valence-electron chi connectivity index (χ4n) is 3.20. The molecule has 0 aliphatic carbocycles. The molecule has 0 fully saturated rings. The van der Waals surface area contributed by atoms with E-state index in [9.17, 15) is 9.59 Å². The van der Waals surface area contributed by atoms with Gasteiger partial charge in [-0.3, -0.25) is 9.59 Å². The number of halogens is 1. The Kier molecular flexibility index (Phi) is 9.86. The average Bonchev–Trinajstić information content (AvgIpc) is 2.78. The van der Waals surface area contributed by atoms with E-state index in [4.69, 9.17) is 16.3 Å². The lowest BCUT2D eigenvalue weighted by Gasteiger charge is -2.31.